The number of methoxy groups -OCH3 is 1. The number of furan rings is 1. The minimum atomic E-state index is -1.05. The van der Waals surface area contributed by atoms with Gasteiger partial charge in [0.25, 0.3) is 5.91 Å². The third-order valence-corrected chi connectivity index (χ3v) is 3.47. The molecule has 0 aliphatic carbocycles. The van der Waals surface area contributed by atoms with E-state index < -0.39 is 5.97 Å². The Kier molecular flexibility index (Phi) is 5.05. The molecule has 0 aliphatic rings. The number of aryl methyl sites for hydroxylation is 2. The van der Waals surface area contributed by atoms with Crippen LogP contribution in [0.2, 0.25) is 0 Å². The summed E-state index contributed by atoms with van der Waals surface area (Å²) in [7, 11) is 1.57. The Hall–Kier alpha value is -2.76. The monoisotopic (exact) mass is 317 g/mol. The van der Waals surface area contributed by atoms with E-state index in [1.54, 1.807) is 14.0 Å². The first-order valence-corrected chi connectivity index (χ1v) is 7.12. The number of carbonyl (C=O) groups is 2. The van der Waals surface area contributed by atoms with Gasteiger partial charge in [0, 0.05) is 17.7 Å². The van der Waals surface area contributed by atoms with Crippen molar-refractivity contribution >= 4 is 11.9 Å². The van der Waals surface area contributed by atoms with Crippen molar-refractivity contribution in [2.45, 2.75) is 26.8 Å². The van der Waals surface area contributed by atoms with Gasteiger partial charge >= 0.3 is 5.97 Å². The molecule has 6 heteroatoms. The lowest BCUT2D eigenvalue weighted by molar-refractivity contribution is -0.136. The number of benzene rings is 1. The lowest BCUT2D eigenvalue weighted by atomic mass is 10.1. The standard InChI is InChI=1S/C17H19NO5/c1-10-4-5-12(13(6-10)22-3)8-18-17(21)16-11(2)9-23-14(16)7-15(19)20/h4-6,9H,7-8H2,1-3H3,(H,18,21)(H,19,20). The van der Waals surface area contributed by atoms with Gasteiger partial charge in [0.15, 0.2) is 0 Å². The van der Waals surface area contributed by atoms with E-state index in [1.807, 2.05) is 25.1 Å². The summed E-state index contributed by atoms with van der Waals surface area (Å²) < 4.78 is 10.5. The molecule has 0 saturated heterocycles. The van der Waals surface area contributed by atoms with Crippen LogP contribution in [0.15, 0.2) is 28.9 Å². The largest absolute Gasteiger partial charge is 0.496 e. The van der Waals surface area contributed by atoms with Gasteiger partial charge in [0.2, 0.25) is 0 Å². The fourth-order valence-electron chi connectivity index (χ4n) is 2.33. The summed E-state index contributed by atoms with van der Waals surface area (Å²) >= 11 is 0. The van der Waals surface area contributed by atoms with Crippen LogP contribution in [-0.4, -0.2) is 24.1 Å². The number of aliphatic carboxylic acids is 1. The fraction of sp³-hybridized carbons (Fsp3) is 0.294. The molecule has 0 spiro atoms. The smallest absolute Gasteiger partial charge is 0.311 e. The van der Waals surface area contributed by atoms with E-state index in [2.05, 4.69) is 5.32 Å². The number of rotatable bonds is 6. The normalized spacial score (nSPS) is 10.4. The molecule has 122 valence electrons. The average molecular weight is 317 g/mol. The lowest BCUT2D eigenvalue weighted by Crippen LogP contribution is -2.24. The van der Waals surface area contributed by atoms with Gasteiger partial charge in [-0.15, -0.1) is 0 Å². The zero-order valence-electron chi connectivity index (χ0n) is 13.3. The van der Waals surface area contributed by atoms with Crippen LogP contribution in [0.4, 0.5) is 0 Å². The lowest BCUT2D eigenvalue weighted by Gasteiger charge is -2.11. The number of ether oxygens (including phenoxy) is 1. The van der Waals surface area contributed by atoms with Crippen LogP contribution in [-0.2, 0) is 17.8 Å². The van der Waals surface area contributed by atoms with Crippen molar-refractivity contribution in [3.05, 3.63) is 52.5 Å². The van der Waals surface area contributed by atoms with Crippen LogP contribution in [0.3, 0.4) is 0 Å². The van der Waals surface area contributed by atoms with Gasteiger partial charge in [-0.05, 0) is 25.5 Å². The summed E-state index contributed by atoms with van der Waals surface area (Å²) in [5, 5.41) is 11.7. The molecular formula is C17H19NO5. The van der Waals surface area contributed by atoms with Crippen LogP contribution in [0.5, 0.6) is 5.75 Å². The minimum Gasteiger partial charge on any atom is -0.496 e. The van der Waals surface area contributed by atoms with Gasteiger partial charge < -0.3 is 19.6 Å². The minimum absolute atomic E-state index is 0.156. The highest BCUT2D eigenvalue weighted by atomic mass is 16.5. The quantitative estimate of drug-likeness (QED) is 0.854. The zero-order chi connectivity index (χ0) is 17.0. The molecule has 2 aromatic rings. The molecule has 0 bridgehead atoms. The molecule has 1 aromatic heterocycles. The topological polar surface area (TPSA) is 88.8 Å². The molecule has 0 unspecified atom stereocenters. The van der Waals surface area contributed by atoms with Crippen LogP contribution in [0, 0.1) is 13.8 Å². The molecule has 1 heterocycles. The number of hydrogen-bond acceptors (Lipinski definition) is 4. The molecule has 0 fully saturated rings. The third kappa shape index (κ3) is 3.91. The molecule has 6 nitrogen and oxygen atoms in total. The van der Waals surface area contributed by atoms with Gasteiger partial charge in [-0.25, -0.2) is 0 Å². The Morgan fingerprint density at radius 1 is 1.30 bits per heavy atom. The Labute approximate surface area is 134 Å². The number of carboxylic acid groups (broad SMARTS) is 1. The second-order valence-corrected chi connectivity index (χ2v) is 5.29. The maximum absolute atomic E-state index is 12.4. The second kappa shape index (κ2) is 7.00. The van der Waals surface area contributed by atoms with Gasteiger partial charge in [0.1, 0.15) is 17.9 Å². The van der Waals surface area contributed by atoms with E-state index in [0.717, 1.165) is 11.1 Å². The molecule has 23 heavy (non-hydrogen) atoms. The molecule has 1 amide bonds. The van der Waals surface area contributed by atoms with Crippen molar-refractivity contribution < 1.29 is 23.8 Å². The van der Waals surface area contributed by atoms with Gasteiger partial charge in [-0.1, -0.05) is 12.1 Å². The van der Waals surface area contributed by atoms with Gasteiger partial charge in [-0.3, -0.25) is 9.59 Å². The number of carbonyl (C=O) groups excluding carboxylic acids is 1. The fourth-order valence-corrected chi connectivity index (χ4v) is 2.33. The highest BCUT2D eigenvalue weighted by molar-refractivity contribution is 5.97. The van der Waals surface area contributed by atoms with E-state index in [1.165, 1.54) is 6.26 Å². The summed E-state index contributed by atoms with van der Waals surface area (Å²) in [5.41, 5.74) is 2.78. The van der Waals surface area contributed by atoms with Crippen LogP contribution in [0.1, 0.15) is 32.8 Å². The second-order valence-electron chi connectivity index (χ2n) is 5.29. The first kappa shape index (κ1) is 16.6. The number of nitrogens with one attached hydrogen (secondary N) is 1. The first-order valence-electron chi connectivity index (χ1n) is 7.12. The predicted octanol–water partition coefficient (Wildman–Crippen LogP) is 2.46. The number of amides is 1. The van der Waals surface area contributed by atoms with Crippen LogP contribution in [0.25, 0.3) is 0 Å². The SMILES string of the molecule is COc1cc(C)ccc1CNC(=O)c1c(C)coc1CC(=O)O. The predicted molar refractivity (Wildman–Crippen MR) is 83.7 cm³/mol. The zero-order valence-corrected chi connectivity index (χ0v) is 13.3. The third-order valence-electron chi connectivity index (χ3n) is 3.47. The molecule has 2 N–H and O–H groups in total. The number of hydrogen-bond donors (Lipinski definition) is 2. The summed E-state index contributed by atoms with van der Waals surface area (Å²) in [6.07, 6.45) is 1.06. The first-order chi connectivity index (χ1) is 10.9. The summed E-state index contributed by atoms with van der Waals surface area (Å²) in [6.45, 7) is 3.94. The molecule has 2 rings (SSSR count). The Morgan fingerprint density at radius 3 is 2.70 bits per heavy atom. The van der Waals surface area contributed by atoms with E-state index in [-0.39, 0.29) is 30.2 Å². The van der Waals surface area contributed by atoms with E-state index in [0.29, 0.717) is 11.3 Å². The molecular weight excluding hydrogens is 298 g/mol. The summed E-state index contributed by atoms with van der Waals surface area (Å²) in [5.74, 6) is -0.563. The van der Waals surface area contributed by atoms with E-state index in [9.17, 15) is 9.59 Å². The van der Waals surface area contributed by atoms with Crippen LogP contribution >= 0.6 is 0 Å². The molecule has 1 aromatic carbocycles. The summed E-state index contributed by atoms with van der Waals surface area (Å²) in [6, 6.07) is 5.71. The maximum Gasteiger partial charge on any atom is 0.311 e. The van der Waals surface area contributed by atoms with Crippen molar-refractivity contribution in [2.75, 3.05) is 7.11 Å². The van der Waals surface area contributed by atoms with Crippen molar-refractivity contribution in [3.63, 3.8) is 0 Å². The van der Waals surface area contributed by atoms with Gasteiger partial charge in [-0.2, -0.15) is 0 Å². The maximum atomic E-state index is 12.4. The van der Waals surface area contributed by atoms with E-state index in [4.69, 9.17) is 14.3 Å². The van der Waals surface area contributed by atoms with Crippen molar-refractivity contribution in [2.24, 2.45) is 0 Å². The molecule has 0 radical (unpaired) electrons. The average Bonchev–Trinajstić information content (AvgIpc) is 2.85. The highest BCUT2D eigenvalue weighted by Gasteiger charge is 2.20. The number of carboxylic acids is 1. The van der Waals surface area contributed by atoms with Crippen molar-refractivity contribution in [3.8, 4) is 5.75 Å². The molecule has 0 atom stereocenters. The Morgan fingerprint density at radius 2 is 2.04 bits per heavy atom. The molecule has 0 aliphatic heterocycles. The summed E-state index contributed by atoms with van der Waals surface area (Å²) in [4.78, 5) is 23.2. The van der Waals surface area contributed by atoms with Crippen molar-refractivity contribution in [1.29, 1.82) is 0 Å². The Bertz CT molecular complexity index is 733. The molecule has 0 saturated carbocycles. The Balaban J connectivity index is 2.14. The van der Waals surface area contributed by atoms with Gasteiger partial charge in [0.05, 0.1) is 18.9 Å². The van der Waals surface area contributed by atoms with Crippen LogP contribution < -0.4 is 10.1 Å². The van der Waals surface area contributed by atoms with E-state index >= 15 is 0 Å². The highest BCUT2D eigenvalue weighted by Crippen LogP contribution is 2.21. The van der Waals surface area contributed by atoms with Crippen molar-refractivity contribution in [1.82, 2.24) is 5.32 Å².